The second-order valence-electron chi connectivity index (χ2n) is 4.94. The highest BCUT2D eigenvalue weighted by Crippen LogP contribution is 2.50. The van der Waals surface area contributed by atoms with Crippen molar-refractivity contribution >= 4 is 29.6 Å². The molecule has 3 aliphatic rings. The average molecular weight is 299 g/mol. The van der Waals surface area contributed by atoms with Gasteiger partial charge in [0.15, 0.2) is 0 Å². The number of hydrogen-bond acceptors (Lipinski definition) is 5. The molecule has 20 heavy (non-hydrogen) atoms. The van der Waals surface area contributed by atoms with Crippen LogP contribution in [0.1, 0.15) is 19.3 Å². The number of hydrogen-bond donors (Lipinski definition) is 2. The van der Waals surface area contributed by atoms with Gasteiger partial charge < -0.3 is 14.9 Å². The molecule has 0 bridgehead atoms. The Balaban J connectivity index is 1.98. The van der Waals surface area contributed by atoms with Crippen molar-refractivity contribution in [3.8, 4) is 0 Å². The first-order valence-corrected chi connectivity index (χ1v) is 7.19. The first-order valence-electron chi connectivity index (χ1n) is 6.31. The summed E-state index contributed by atoms with van der Waals surface area (Å²) in [4.78, 5) is 36.2. The van der Waals surface area contributed by atoms with Gasteiger partial charge in [0.2, 0.25) is 5.91 Å². The lowest BCUT2D eigenvalue weighted by Gasteiger charge is -2.18. The minimum absolute atomic E-state index is 0.0966. The van der Waals surface area contributed by atoms with Crippen LogP contribution in [0.5, 0.6) is 0 Å². The zero-order chi connectivity index (χ0) is 14.4. The van der Waals surface area contributed by atoms with Crippen LogP contribution in [0.25, 0.3) is 0 Å². The summed E-state index contributed by atoms with van der Waals surface area (Å²) < 4.78 is 5.49. The molecule has 2 saturated heterocycles. The quantitative estimate of drug-likeness (QED) is 0.780. The lowest BCUT2D eigenvalue weighted by atomic mass is 10.1. The minimum atomic E-state index is -1.20. The number of fused-ring (bicyclic) bond motifs is 1. The van der Waals surface area contributed by atoms with E-state index in [4.69, 9.17) is 9.84 Å². The monoisotopic (exact) mass is 299 g/mol. The van der Waals surface area contributed by atoms with Crippen molar-refractivity contribution in [2.24, 2.45) is 5.92 Å². The summed E-state index contributed by atoms with van der Waals surface area (Å²) in [6, 6.07) is 0. The lowest BCUT2D eigenvalue weighted by molar-refractivity contribution is -0.142. The molecule has 7 nitrogen and oxygen atoms in total. The van der Waals surface area contributed by atoms with Crippen molar-refractivity contribution in [1.82, 2.24) is 4.90 Å². The Morgan fingerprint density at radius 2 is 2.10 bits per heavy atom. The van der Waals surface area contributed by atoms with E-state index in [0.29, 0.717) is 17.9 Å². The van der Waals surface area contributed by atoms with Gasteiger partial charge in [-0.3, -0.25) is 14.5 Å². The Morgan fingerprint density at radius 1 is 1.35 bits per heavy atom. The number of carbonyl (C=O) groups is 3. The zero-order valence-corrected chi connectivity index (χ0v) is 11.3. The van der Waals surface area contributed by atoms with E-state index in [1.807, 2.05) is 0 Å². The first kappa shape index (κ1) is 13.4. The topological polar surface area (TPSA) is 104 Å². The maximum Gasteiger partial charge on any atom is 0.353 e. The molecule has 8 heteroatoms. The Kier molecular flexibility index (Phi) is 3.21. The average Bonchev–Trinajstić information content (AvgIpc) is 3.04. The molecular formula is C12H13NO6S. The molecule has 0 aromatic heterocycles. The molecular weight excluding hydrogens is 286 g/mol. The molecule has 2 fully saturated rings. The number of carboxylic acid groups (broad SMARTS) is 2. The maximum absolute atomic E-state index is 12.0. The molecule has 0 radical (unpaired) electrons. The van der Waals surface area contributed by atoms with Gasteiger partial charge in [0.1, 0.15) is 11.1 Å². The van der Waals surface area contributed by atoms with E-state index in [2.05, 4.69) is 0 Å². The number of amides is 1. The third-order valence-corrected chi connectivity index (χ3v) is 5.22. The Bertz CT molecular complexity index is 524. The van der Waals surface area contributed by atoms with E-state index < -0.39 is 29.1 Å². The molecule has 0 aromatic rings. The Labute approximate surface area is 118 Å². The van der Waals surface area contributed by atoms with Gasteiger partial charge in [-0.25, -0.2) is 4.79 Å². The van der Waals surface area contributed by atoms with Crippen LogP contribution >= 0.6 is 11.8 Å². The fourth-order valence-corrected chi connectivity index (χ4v) is 4.43. The van der Waals surface area contributed by atoms with Crippen molar-refractivity contribution in [3.63, 3.8) is 0 Å². The van der Waals surface area contributed by atoms with Gasteiger partial charge in [-0.15, -0.1) is 0 Å². The molecule has 3 rings (SSSR count). The van der Waals surface area contributed by atoms with Crippen LogP contribution in [-0.4, -0.2) is 51.0 Å². The highest BCUT2D eigenvalue weighted by molar-refractivity contribution is 8.04. The van der Waals surface area contributed by atoms with Crippen LogP contribution < -0.4 is 0 Å². The largest absolute Gasteiger partial charge is 0.481 e. The van der Waals surface area contributed by atoms with Crippen LogP contribution in [0.15, 0.2) is 10.6 Å². The van der Waals surface area contributed by atoms with Crippen molar-refractivity contribution in [2.75, 3.05) is 6.61 Å². The van der Waals surface area contributed by atoms with E-state index in [0.717, 1.165) is 23.1 Å². The van der Waals surface area contributed by atoms with Crippen LogP contribution in [0.3, 0.4) is 0 Å². The fourth-order valence-electron chi connectivity index (χ4n) is 2.83. The van der Waals surface area contributed by atoms with Gasteiger partial charge in [0.25, 0.3) is 0 Å². The van der Waals surface area contributed by atoms with Gasteiger partial charge >= 0.3 is 11.9 Å². The molecule has 2 N–H and O–H groups in total. The predicted octanol–water partition coefficient (Wildman–Crippen LogP) is 0.468. The number of carboxylic acids is 2. The van der Waals surface area contributed by atoms with Gasteiger partial charge in [-0.2, -0.15) is 0 Å². The summed E-state index contributed by atoms with van der Waals surface area (Å²) in [7, 11) is 0. The molecule has 0 saturated carbocycles. The number of carbonyl (C=O) groups excluding carboxylic acids is 1. The number of ether oxygens (including phenoxy) is 1. The minimum Gasteiger partial charge on any atom is -0.481 e. The van der Waals surface area contributed by atoms with Crippen LogP contribution in [0.4, 0.5) is 0 Å². The number of rotatable bonds is 3. The number of thioether (sulfide) groups is 1. The predicted molar refractivity (Wildman–Crippen MR) is 67.6 cm³/mol. The van der Waals surface area contributed by atoms with Crippen molar-refractivity contribution in [2.45, 2.75) is 30.7 Å². The third-order valence-electron chi connectivity index (χ3n) is 3.73. The number of nitrogens with zero attached hydrogens (tertiary/aromatic N) is 1. The SMILES string of the molecule is O=C(O)C1=C(C2CCCO2)S[C@@H]2[C@@H](C(=O)O)CC(=O)N12. The van der Waals surface area contributed by atoms with Crippen LogP contribution in [0.2, 0.25) is 0 Å². The van der Waals surface area contributed by atoms with E-state index in [-0.39, 0.29) is 18.2 Å². The molecule has 1 unspecified atom stereocenters. The molecule has 0 spiro atoms. The molecule has 0 aromatic carbocycles. The first-order chi connectivity index (χ1) is 9.50. The number of aliphatic carboxylic acids is 2. The smallest absolute Gasteiger partial charge is 0.353 e. The van der Waals surface area contributed by atoms with Crippen LogP contribution in [-0.2, 0) is 19.1 Å². The summed E-state index contributed by atoms with van der Waals surface area (Å²) in [5.41, 5.74) is -0.0966. The van der Waals surface area contributed by atoms with Gasteiger partial charge in [-0.05, 0) is 12.8 Å². The van der Waals surface area contributed by atoms with Gasteiger partial charge in [-0.1, -0.05) is 11.8 Å². The summed E-state index contributed by atoms with van der Waals surface area (Å²) in [6.45, 7) is 0.558. The van der Waals surface area contributed by atoms with E-state index >= 15 is 0 Å². The summed E-state index contributed by atoms with van der Waals surface area (Å²) >= 11 is 1.15. The molecule has 3 heterocycles. The highest BCUT2D eigenvalue weighted by Gasteiger charge is 2.53. The van der Waals surface area contributed by atoms with Crippen molar-refractivity contribution in [3.05, 3.63) is 10.6 Å². The molecule has 1 amide bonds. The fraction of sp³-hybridized carbons (Fsp3) is 0.583. The van der Waals surface area contributed by atoms with Crippen LogP contribution in [0, 0.1) is 5.92 Å². The molecule has 3 aliphatic heterocycles. The Hall–Kier alpha value is -1.54. The normalized spacial score (nSPS) is 32.9. The zero-order valence-electron chi connectivity index (χ0n) is 10.4. The van der Waals surface area contributed by atoms with Gasteiger partial charge in [0.05, 0.1) is 12.0 Å². The summed E-state index contributed by atoms with van der Waals surface area (Å²) in [5, 5.41) is 17.9. The van der Waals surface area contributed by atoms with E-state index in [1.165, 1.54) is 0 Å². The van der Waals surface area contributed by atoms with E-state index in [1.54, 1.807) is 0 Å². The Morgan fingerprint density at radius 3 is 2.65 bits per heavy atom. The molecule has 3 atom stereocenters. The molecule has 0 aliphatic carbocycles. The highest BCUT2D eigenvalue weighted by atomic mass is 32.2. The standard InChI is InChI=1S/C12H13NO6S/c14-7-4-5(11(15)16)10-13(7)8(12(17)18)9(20-10)6-2-1-3-19-6/h5-6,10H,1-4H2,(H,15,16)(H,17,18)/t5-,6?,10+/m0/s1. The summed E-state index contributed by atoms with van der Waals surface area (Å²) in [5.74, 6) is -3.59. The maximum atomic E-state index is 12.0. The second-order valence-corrected chi connectivity index (χ2v) is 6.10. The van der Waals surface area contributed by atoms with Crippen molar-refractivity contribution < 1.29 is 29.3 Å². The van der Waals surface area contributed by atoms with E-state index in [9.17, 15) is 19.5 Å². The second kappa shape index (κ2) is 4.78. The van der Waals surface area contributed by atoms with Crippen molar-refractivity contribution in [1.29, 1.82) is 0 Å². The lowest BCUT2D eigenvalue weighted by Crippen LogP contribution is -2.33. The third kappa shape index (κ3) is 1.90. The summed E-state index contributed by atoms with van der Waals surface area (Å²) in [6.07, 6.45) is 1.05. The molecule has 108 valence electrons. The van der Waals surface area contributed by atoms with Gasteiger partial charge in [0, 0.05) is 17.9 Å².